The average molecular weight is 246 g/mol. The molecule has 1 aliphatic rings. The van der Waals surface area contributed by atoms with Crippen LogP contribution in [0, 0.1) is 10.8 Å². The summed E-state index contributed by atoms with van der Waals surface area (Å²) < 4.78 is 0. The number of rotatable bonds is 1. The van der Waals surface area contributed by atoms with Gasteiger partial charge in [-0.05, 0) is 17.5 Å². The molecule has 4 heteroatoms. The van der Waals surface area contributed by atoms with E-state index in [0.717, 1.165) is 0 Å². The predicted octanol–water partition coefficient (Wildman–Crippen LogP) is 1.87. The fraction of sp³-hybridized carbons (Fsp3) is 0.500. The Kier molecular flexibility index (Phi) is 2.76. The molecule has 0 spiro atoms. The second-order valence-corrected chi connectivity index (χ2v) is 5.85. The molecule has 1 fully saturated rings. The largest absolute Gasteiger partial charge is 0.295 e. The van der Waals surface area contributed by atoms with Crippen LogP contribution < -0.4 is 5.32 Å². The van der Waals surface area contributed by atoms with E-state index >= 15 is 0 Å². The minimum absolute atomic E-state index is 0.218. The van der Waals surface area contributed by atoms with Gasteiger partial charge in [0.1, 0.15) is 0 Å². The Morgan fingerprint density at radius 3 is 2.39 bits per heavy atom. The van der Waals surface area contributed by atoms with Crippen molar-refractivity contribution in [1.29, 1.82) is 0 Å². The number of hydrogen-bond donors (Lipinski definition) is 1. The Labute approximate surface area is 107 Å². The standard InChI is InChI=1S/C14H18N2O2/c1-13(2)10(9-7-5-6-8-15-9)11(17)16-12(18)14(13,3)4/h5-8,10H,1-4H3,(H,16,17,18). The summed E-state index contributed by atoms with van der Waals surface area (Å²) in [5, 5.41) is 2.46. The lowest BCUT2D eigenvalue weighted by molar-refractivity contribution is -0.151. The van der Waals surface area contributed by atoms with Gasteiger partial charge in [-0.3, -0.25) is 19.9 Å². The number of nitrogens with one attached hydrogen (secondary N) is 1. The third-order valence-electron chi connectivity index (χ3n) is 4.38. The maximum absolute atomic E-state index is 12.1. The van der Waals surface area contributed by atoms with Gasteiger partial charge in [-0.25, -0.2) is 0 Å². The number of aromatic nitrogens is 1. The van der Waals surface area contributed by atoms with Crippen molar-refractivity contribution in [2.45, 2.75) is 33.6 Å². The summed E-state index contributed by atoms with van der Waals surface area (Å²) in [4.78, 5) is 28.4. The molecule has 18 heavy (non-hydrogen) atoms. The van der Waals surface area contributed by atoms with E-state index in [-0.39, 0.29) is 11.8 Å². The van der Waals surface area contributed by atoms with Crippen LogP contribution >= 0.6 is 0 Å². The molecule has 1 aromatic heterocycles. The highest BCUT2D eigenvalue weighted by atomic mass is 16.2. The van der Waals surface area contributed by atoms with Crippen molar-refractivity contribution in [1.82, 2.24) is 10.3 Å². The third kappa shape index (κ3) is 1.64. The van der Waals surface area contributed by atoms with Gasteiger partial charge in [0.15, 0.2) is 0 Å². The molecule has 1 saturated heterocycles. The van der Waals surface area contributed by atoms with Gasteiger partial charge >= 0.3 is 0 Å². The zero-order valence-electron chi connectivity index (χ0n) is 11.2. The summed E-state index contributed by atoms with van der Waals surface area (Å²) >= 11 is 0. The maximum atomic E-state index is 12.1. The molecule has 0 aromatic carbocycles. The Bertz CT molecular complexity index is 492. The Balaban J connectivity index is 2.53. The first-order valence-corrected chi connectivity index (χ1v) is 6.04. The Morgan fingerprint density at radius 1 is 1.17 bits per heavy atom. The minimum Gasteiger partial charge on any atom is -0.295 e. The smallest absolute Gasteiger partial charge is 0.236 e. The van der Waals surface area contributed by atoms with Crippen LogP contribution in [0.4, 0.5) is 0 Å². The molecule has 96 valence electrons. The van der Waals surface area contributed by atoms with Crippen LogP contribution in [-0.4, -0.2) is 16.8 Å². The summed E-state index contributed by atoms with van der Waals surface area (Å²) in [6.07, 6.45) is 1.67. The normalized spacial score (nSPS) is 25.7. The van der Waals surface area contributed by atoms with E-state index in [1.165, 1.54) is 0 Å². The lowest BCUT2D eigenvalue weighted by Gasteiger charge is -2.48. The molecular weight excluding hydrogens is 228 g/mol. The molecule has 1 aromatic rings. The number of imide groups is 1. The van der Waals surface area contributed by atoms with Crippen LogP contribution in [0.2, 0.25) is 0 Å². The van der Waals surface area contributed by atoms with E-state index in [1.807, 2.05) is 45.9 Å². The van der Waals surface area contributed by atoms with Gasteiger partial charge in [-0.1, -0.05) is 33.8 Å². The number of pyridine rings is 1. The monoisotopic (exact) mass is 246 g/mol. The summed E-state index contributed by atoms with van der Waals surface area (Å²) in [6, 6.07) is 5.50. The molecule has 1 N–H and O–H groups in total. The number of carbonyl (C=O) groups excluding carboxylic acids is 2. The quantitative estimate of drug-likeness (QED) is 0.770. The molecule has 0 radical (unpaired) electrons. The molecule has 1 atom stereocenters. The van der Waals surface area contributed by atoms with Crippen molar-refractivity contribution in [2.75, 3.05) is 0 Å². The first kappa shape index (κ1) is 12.7. The highest BCUT2D eigenvalue weighted by molar-refractivity contribution is 6.04. The second-order valence-electron chi connectivity index (χ2n) is 5.85. The summed E-state index contributed by atoms with van der Waals surface area (Å²) in [7, 11) is 0. The number of carbonyl (C=O) groups is 2. The van der Waals surface area contributed by atoms with Crippen molar-refractivity contribution in [3.8, 4) is 0 Å². The highest BCUT2D eigenvalue weighted by Crippen LogP contribution is 2.51. The average Bonchev–Trinajstić information content (AvgIpc) is 2.28. The van der Waals surface area contributed by atoms with E-state index in [2.05, 4.69) is 10.3 Å². The molecule has 0 aliphatic carbocycles. The molecule has 2 heterocycles. The SMILES string of the molecule is CC1(C)C(=O)NC(=O)C(c2ccccn2)C1(C)C. The fourth-order valence-electron chi connectivity index (χ4n) is 2.37. The van der Waals surface area contributed by atoms with Crippen molar-refractivity contribution in [2.24, 2.45) is 10.8 Å². The summed E-state index contributed by atoms with van der Waals surface area (Å²) in [5.74, 6) is -0.890. The molecule has 0 bridgehead atoms. The van der Waals surface area contributed by atoms with Gasteiger partial charge in [0.05, 0.1) is 17.0 Å². The Morgan fingerprint density at radius 2 is 1.83 bits per heavy atom. The lowest BCUT2D eigenvalue weighted by atomic mass is 9.57. The van der Waals surface area contributed by atoms with Crippen LogP contribution in [0.25, 0.3) is 0 Å². The van der Waals surface area contributed by atoms with Gasteiger partial charge in [0, 0.05) is 6.20 Å². The summed E-state index contributed by atoms with van der Waals surface area (Å²) in [5.41, 5.74) is -0.398. The van der Waals surface area contributed by atoms with Crippen molar-refractivity contribution < 1.29 is 9.59 Å². The van der Waals surface area contributed by atoms with Gasteiger partial charge in [0.2, 0.25) is 11.8 Å². The molecule has 4 nitrogen and oxygen atoms in total. The first-order chi connectivity index (χ1) is 8.28. The number of piperidine rings is 1. The zero-order valence-corrected chi connectivity index (χ0v) is 11.2. The number of nitrogens with zero attached hydrogens (tertiary/aromatic N) is 1. The van der Waals surface area contributed by atoms with Gasteiger partial charge < -0.3 is 0 Å². The van der Waals surface area contributed by atoms with E-state index in [0.29, 0.717) is 5.69 Å². The van der Waals surface area contributed by atoms with Crippen molar-refractivity contribution in [3.63, 3.8) is 0 Å². The zero-order chi connectivity index (χ0) is 13.6. The van der Waals surface area contributed by atoms with Gasteiger partial charge in [-0.15, -0.1) is 0 Å². The number of amides is 2. The van der Waals surface area contributed by atoms with Crippen LogP contribution in [0.1, 0.15) is 39.3 Å². The van der Waals surface area contributed by atoms with Gasteiger partial charge in [-0.2, -0.15) is 0 Å². The Hall–Kier alpha value is -1.71. The van der Waals surface area contributed by atoms with Crippen LogP contribution in [0.3, 0.4) is 0 Å². The van der Waals surface area contributed by atoms with E-state index < -0.39 is 16.7 Å². The second kappa shape index (κ2) is 3.90. The van der Waals surface area contributed by atoms with Crippen molar-refractivity contribution in [3.05, 3.63) is 30.1 Å². The van der Waals surface area contributed by atoms with Gasteiger partial charge in [0.25, 0.3) is 0 Å². The maximum Gasteiger partial charge on any atom is 0.236 e. The molecule has 2 rings (SSSR count). The fourth-order valence-corrected chi connectivity index (χ4v) is 2.37. The first-order valence-electron chi connectivity index (χ1n) is 6.04. The molecular formula is C14H18N2O2. The topological polar surface area (TPSA) is 59.1 Å². The predicted molar refractivity (Wildman–Crippen MR) is 67.7 cm³/mol. The summed E-state index contributed by atoms with van der Waals surface area (Å²) in [6.45, 7) is 7.63. The van der Waals surface area contributed by atoms with E-state index in [4.69, 9.17) is 0 Å². The van der Waals surface area contributed by atoms with Crippen LogP contribution in [-0.2, 0) is 9.59 Å². The molecule has 2 amide bonds. The number of hydrogen-bond acceptors (Lipinski definition) is 3. The van der Waals surface area contributed by atoms with Crippen LogP contribution in [0.15, 0.2) is 24.4 Å². The third-order valence-corrected chi connectivity index (χ3v) is 4.38. The lowest BCUT2D eigenvalue weighted by Crippen LogP contribution is -2.59. The highest BCUT2D eigenvalue weighted by Gasteiger charge is 2.55. The van der Waals surface area contributed by atoms with Crippen molar-refractivity contribution >= 4 is 11.8 Å². The minimum atomic E-state index is -0.622. The van der Waals surface area contributed by atoms with E-state index in [9.17, 15) is 9.59 Å². The van der Waals surface area contributed by atoms with E-state index in [1.54, 1.807) is 6.20 Å². The molecule has 0 saturated carbocycles. The molecule has 1 unspecified atom stereocenters. The van der Waals surface area contributed by atoms with Crippen LogP contribution in [0.5, 0.6) is 0 Å². The molecule has 1 aliphatic heterocycles.